The Hall–Kier alpha value is -8.46. The first-order valence-corrected chi connectivity index (χ1v) is 27.8. The average molecular weight is 981 g/mol. The average Bonchev–Trinajstić information content (AvgIpc) is 3.57. The normalized spacial score (nSPS) is 13.9. The zero-order valence-corrected chi connectivity index (χ0v) is 43.9. The zero-order chi connectivity index (χ0) is 51.0. The van der Waals surface area contributed by atoms with Crippen LogP contribution in [0.3, 0.4) is 0 Å². The summed E-state index contributed by atoms with van der Waals surface area (Å²) in [5.74, 6) is 0. The van der Waals surface area contributed by atoms with E-state index in [-0.39, 0.29) is 0 Å². The van der Waals surface area contributed by atoms with Crippen LogP contribution >= 0.6 is 0 Å². The van der Waals surface area contributed by atoms with E-state index >= 15 is 0 Å². The van der Waals surface area contributed by atoms with E-state index in [1.165, 1.54) is 152 Å². The van der Waals surface area contributed by atoms with Crippen LogP contribution in [-0.2, 0) is 0 Å². The molecule has 2 aliphatic rings. The van der Waals surface area contributed by atoms with Gasteiger partial charge in [-0.1, -0.05) is 205 Å². The van der Waals surface area contributed by atoms with Gasteiger partial charge in [0.1, 0.15) is 0 Å². The lowest BCUT2D eigenvalue weighted by Gasteiger charge is -2.28. The highest BCUT2D eigenvalue weighted by atomic mass is 15.1. The van der Waals surface area contributed by atoms with Gasteiger partial charge in [-0.2, -0.15) is 0 Å². The van der Waals surface area contributed by atoms with Crippen molar-refractivity contribution < 1.29 is 0 Å². The first kappa shape index (κ1) is 47.3. The van der Waals surface area contributed by atoms with Crippen LogP contribution in [0.1, 0.15) is 86.5 Å². The summed E-state index contributed by atoms with van der Waals surface area (Å²) in [5.41, 5.74) is 20.1. The van der Waals surface area contributed by atoms with E-state index in [0.717, 1.165) is 34.1 Å². The number of fused-ring (bicyclic) bond motifs is 4. The molecule has 0 amide bonds. The minimum Gasteiger partial charge on any atom is -0.310 e. The summed E-state index contributed by atoms with van der Waals surface area (Å²) in [6, 6.07) is 82.2. The quantitative estimate of drug-likeness (QED) is 0.126. The van der Waals surface area contributed by atoms with Crippen molar-refractivity contribution in [1.29, 1.82) is 0 Å². The van der Waals surface area contributed by atoms with Gasteiger partial charge in [-0.15, -0.1) is 0 Å². The molecule has 0 aliphatic heterocycles. The van der Waals surface area contributed by atoms with Gasteiger partial charge < -0.3 is 9.80 Å². The van der Waals surface area contributed by atoms with Gasteiger partial charge in [0.2, 0.25) is 0 Å². The molecule has 0 spiro atoms. The number of benzene rings is 11. The monoisotopic (exact) mass is 981 g/mol. The molecule has 0 bridgehead atoms. The molecule has 0 radical (unpaired) electrons. The third kappa shape index (κ3) is 9.06. The molecule has 0 aromatic heterocycles. The maximum absolute atomic E-state index is 2.45. The van der Waals surface area contributed by atoms with Gasteiger partial charge in [0.05, 0.1) is 11.4 Å². The molecule has 2 heteroatoms. The lowest BCUT2D eigenvalue weighted by atomic mass is 9.83. The van der Waals surface area contributed by atoms with E-state index in [9.17, 15) is 0 Å². The maximum Gasteiger partial charge on any atom is 0.0540 e. The minimum atomic E-state index is 1.14. The molecule has 0 N–H and O–H groups in total. The molecule has 2 fully saturated rings. The fourth-order valence-electron chi connectivity index (χ4n) is 12.6. The molecular weight excluding hydrogens is 917 g/mol. The van der Waals surface area contributed by atoms with Crippen LogP contribution in [0.4, 0.5) is 34.1 Å². The molecule has 2 nitrogen and oxygen atoms in total. The van der Waals surface area contributed by atoms with Gasteiger partial charge in [0.15, 0.2) is 0 Å². The van der Waals surface area contributed by atoms with Crippen molar-refractivity contribution in [1.82, 2.24) is 0 Å². The third-order valence-corrected chi connectivity index (χ3v) is 16.4. The highest BCUT2D eigenvalue weighted by molar-refractivity contribution is 6.26. The van der Waals surface area contributed by atoms with Gasteiger partial charge in [0.25, 0.3) is 0 Å². The number of anilines is 6. The summed E-state index contributed by atoms with van der Waals surface area (Å²) >= 11 is 0. The van der Waals surface area contributed by atoms with Crippen molar-refractivity contribution in [3.8, 4) is 22.3 Å². The second kappa shape index (κ2) is 20.7. The topological polar surface area (TPSA) is 6.48 Å². The van der Waals surface area contributed by atoms with E-state index in [0.29, 0.717) is 0 Å². The Morgan fingerprint density at radius 3 is 0.895 bits per heavy atom. The van der Waals surface area contributed by atoms with E-state index in [2.05, 4.69) is 254 Å². The van der Waals surface area contributed by atoms with Crippen LogP contribution < -0.4 is 9.80 Å². The van der Waals surface area contributed by atoms with Crippen LogP contribution in [0.15, 0.2) is 230 Å². The largest absolute Gasteiger partial charge is 0.310 e. The van der Waals surface area contributed by atoms with Crippen LogP contribution in [0.5, 0.6) is 0 Å². The Kier molecular flexibility index (Phi) is 12.9. The second-order valence-corrected chi connectivity index (χ2v) is 21.4. The Balaban J connectivity index is 0.959. The molecule has 0 saturated heterocycles. The fourth-order valence-corrected chi connectivity index (χ4v) is 12.6. The Labute approximate surface area is 448 Å². The van der Waals surface area contributed by atoms with Gasteiger partial charge >= 0.3 is 0 Å². The van der Waals surface area contributed by atoms with Crippen molar-refractivity contribution in [3.63, 3.8) is 0 Å². The van der Waals surface area contributed by atoms with Crippen molar-refractivity contribution in [3.05, 3.63) is 252 Å². The Morgan fingerprint density at radius 2 is 0.566 bits per heavy atom. The standard InChI is InChI=1S/C74H64N2/c1-51-29-37-57(38-30-51)75(59-41-33-55(34-42-59)49-53-17-5-3-6-18-53)71-47-45-69(61-21-9-11-23-63(61)71)73-65-25-13-15-27-67(65)74(68-28-16-14-26-66(68)73)70-46-48-72(64-24-12-10-22-62(64)70)76(58-39-31-52(2)32-40-58)60-43-35-56(36-44-60)50-54-19-7-4-8-20-54/h9-16,21-50H,3-8,17-20H2,1-2H3. The van der Waals surface area contributed by atoms with Gasteiger partial charge in [-0.05, 0) is 192 Å². The zero-order valence-electron chi connectivity index (χ0n) is 43.9. The summed E-state index contributed by atoms with van der Waals surface area (Å²) in [5, 5.41) is 9.83. The number of nitrogens with zero attached hydrogens (tertiary/aromatic N) is 2. The molecule has 11 aromatic rings. The molecule has 11 aromatic carbocycles. The SMILES string of the molecule is Cc1ccc(N(c2ccc(C=C3CCCCC3)cc2)c2ccc(-c3c4ccccc4c(-c4ccc(N(c5ccc(C)cc5)c5ccc(C=C6CCCCC6)cc5)c5ccccc45)c4ccccc34)c3ccccc23)cc1. The van der Waals surface area contributed by atoms with Crippen molar-refractivity contribution >= 4 is 89.4 Å². The highest BCUT2D eigenvalue weighted by Crippen LogP contribution is 2.50. The summed E-state index contributed by atoms with van der Waals surface area (Å²) in [6.07, 6.45) is 17.6. The highest BCUT2D eigenvalue weighted by Gasteiger charge is 2.24. The van der Waals surface area contributed by atoms with Crippen LogP contribution in [0, 0.1) is 13.8 Å². The molecule has 2 saturated carbocycles. The van der Waals surface area contributed by atoms with Crippen LogP contribution in [-0.4, -0.2) is 0 Å². The summed E-state index contributed by atoms with van der Waals surface area (Å²) in [7, 11) is 0. The number of aryl methyl sites for hydroxylation is 2. The molecule has 0 unspecified atom stereocenters. The minimum absolute atomic E-state index is 1.14. The van der Waals surface area contributed by atoms with E-state index in [1.54, 1.807) is 11.1 Å². The summed E-state index contributed by atoms with van der Waals surface area (Å²) in [4.78, 5) is 4.89. The Bertz CT molecular complexity index is 3650. The van der Waals surface area contributed by atoms with Gasteiger partial charge in [0, 0.05) is 33.5 Å². The van der Waals surface area contributed by atoms with E-state index in [1.807, 2.05) is 0 Å². The predicted octanol–water partition coefficient (Wildman–Crippen LogP) is 21.9. The smallest absolute Gasteiger partial charge is 0.0540 e. The second-order valence-electron chi connectivity index (χ2n) is 21.4. The van der Waals surface area contributed by atoms with Crippen LogP contribution in [0.2, 0.25) is 0 Å². The lowest BCUT2D eigenvalue weighted by molar-refractivity contribution is 0.602. The van der Waals surface area contributed by atoms with Crippen molar-refractivity contribution in [2.75, 3.05) is 9.80 Å². The van der Waals surface area contributed by atoms with E-state index in [4.69, 9.17) is 0 Å². The summed E-state index contributed by atoms with van der Waals surface area (Å²) < 4.78 is 0. The number of allylic oxidation sites excluding steroid dienone is 2. The number of rotatable bonds is 10. The molecule has 370 valence electrons. The Morgan fingerprint density at radius 1 is 0.276 bits per heavy atom. The number of hydrogen-bond acceptors (Lipinski definition) is 2. The third-order valence-electron chi connectivity index (χ3n) is 16.4. The van der Waals surface area contributed by atoms with Gasteiger partial charge in [-0.3, -0.25) is 0 Å². The number of hydrogen-bond donors (Lipinski definition) is 0. The first-order valence-electron chi connectivity index (χ1n) is 27.8. The maximum atomic E-state index is 2.45. The predicted molar refractivity (Wildman–Crippen MR) is 328 cm³/mol. The molecule has 0 heterocycles. The van der Waals surface area contributed by atoms with Gasteiger partial charge in [-0.25, -0.2) is 0 Å². The molecule has 0 atom stereocenters. The molecule has 13 rings (SSSR count). The van der Waals surface area contributed by atoms with Crippen molar-refractivity contribution in [2.45, 2.75) is 78.1 Å². The lowest BCUT2D eigenvalue weighted by Crippen LogP contribution is -2.11. The van der Waals surface area contributed by atoms with Crippen LogP contribution in [0.25, 0.3) is 77.5 Å². The van der Waals surface area contributed by atoms with E-state index < -0.39 is 0 Å². The molecular formula is C74H64N2. The van der Waals surface area contributed by atoms with Crippen molar-refractivity contribution in [2.24, 2.45) is 0 Å². The first-order chi connectivity index (χ1) is 37.5. The summed E-state index contributed by atoms with van der Waals surface area (Å²) in [6.45, 7) is 4.33. The molecule has 2 aliphatic carbocycles. The fraction of sp³-hybridized carbons (Fsp3) is 0.162. The molecule has 76 heavy (non-hydrogen) atoms.